The van der Waals surface area contributed by atoms with E-state index in [0.29, 0.717) is 11.3 Å². The lowest BCUT2D eigenvalue weighted by Gasteiger charge is -2.16. The van der Waals surface area contributed by atoms with Gasteiger partial charge in [0.25, 0.3) is 5.69 Å². The SMILES string of the molecule is COc1cccc(F)c1C(N)Cc1ccccc1[N+](=O)[O-]. The molecule has 0 spiro atoms. The highest BCUT2D eigenvalue weighted by Gasteiger charge is 2.21. The van der Waals surface area contributed by atoms with Gasteiger partial charge in [-0.1, -0.05) is 24.3 Å². The Morgan fingerprint density at radius 3 is 2.67 bits per heavy atom. The lowest BCUT2D eigenvalue weighted by molar-refractivity contribution is -0.385. The minimum Gasteiger partial charge on any atom is -0.496 e. The second kappa shape index (κ2) is 6.32. The lowest BCUT2D eigenvalue weighted by atomic mass is 9.97. The maximum atomic E-state index is 14.0. The van der Waals surface area contributed by atoms with Gasteiger partial charge in [0.1, 0.15) is 11.6 Å². The summed E-state index contributed by atoms with van der Waals surface area (Å²) in [6.45, 7) is 0. The first-order chi connectivity index (χ1) is 10.0. The summed E-state index contributed by atoms with van der Waals surface area (Å²) >= 11 is 0. The Bertz CT molecular complexity index is 661. The Morgan fingerprint density at radius 1 is 1.29 bits per heavy atom. The largest absolute Gasteiger partial charge is 0.496 e. The number of rotatable bonds is 5. The van der Waals surface area contributed by atoms with Crippen LogP contribution in [0.1, 0.15) is 17.2 Å². The van der Waals surface area contributed by atoms with Crippen molar-refractivity contribution in [1.29, 1.82) is 0 Å². The molecule has 1 unspecified atom stereocenters. The second-order valence-electron chi connectivity index (χ2n) is 4.55. The highest BCUT2D eigenvalue weighted by atomic mass is 19.1. The van der Waals surface area contributed by atoms with Gasteiger partial charge in [0.2, 0.25) is 0 Å². The van der Waals surface area contributed by atoms with E-state index in [4.69, 9.17) is 10.5 Å². The lowest BCUT2D eigenvalue weighted by Crippen LogP contribution is -2.17. The highest BCUT2D eigenvalue weighted by molar-refractivity contribution is 5.43. The molecule has 0 amide bonds. The summed E-state index contributed by atoms with van der Waals surface area (Å²) in [5.74, 6) is -0.151. The molecule has 0 aliphatic carbocycles. The highest BCUT2D eigenvalue weighted by Crippen LogP contribution is 2.30. The Hall–Kier alpha value is -2.47. The Kier molecular flexibility index (Phi) is 4.49. The van der Waals surface area contributed by atoms with Gasteiger partial charge in [-0.25, -0.2) is 4.39 Å². The van der Waals surface area contributed by atoms with Gasteiger partial charge in [-0.15, -0.1) is 0 Å². The number of ether oxygens (including phenoxy) is 1. The summed E-state index contributed by atoms with van der Waals surface area (Å²) in [6, 6.07) is 9.97. The molecular formula is C15H15FN2O3. The molecule has 5 nitrogen and oxygen atoms in total. The predicted molar refractivity (Wildman–Crippen MR) is 76.7 cm³/mol. The van der Waals surface area contributed by atoms with E-state index in [1.165, 1.54) is 25.3 Å². The number of nitrogens with two attached hydrogens (primary N) is 1. The molecule has 0 aliphatic heterocycles. The summed E-state index contributed by atoms with van der Waals surface area (Å²) in [4.78, 5) is 10.5. The van der Waals surface area contributed by atoms with Crippen LogP contribution in [0, 0.1) is 15.9 Å². The number of para-hydroxylation sites is 1. The number of hydrogen-bond donors (Lipinski definition) is 1. The summed E-state index contributed by atoms with van der Waals surface area (Å²) in [6.07, 6.45) is 0.147. The van der Waals surface area contributed by atoms with Crippen LogP contribution < -0.4 is 10.5 Å². The zero-order chi connectivity index (χ0) is 15.4. The van der Waals surface area contributed by atoms with Crippen molar-refractivity contribution in [3.8, 4) is 5.75 Å². The zero-order valence-electron chi connectivity index (χ0n) is 11.5. The van der Waals surface area contributed by atoms with Crippen molar-refractivity contribution in [2.75, 3.05) is 7.11 Å². The van der Waals surface area contributed by atoms with Crippen LogP contribution in [0.3, 0.4) is 0 Å². The number of nitro groups is 1. The fourth-order valence-corrected chi connectivity index (χ4v) is 2.26. The van der Waals surface area contributed by atoms with E-state index < -0.39 is 16.8 Å². The van der Waals surface area contributed by atoms with Gasteiger partial charge < -0.3 is 10.5 Å². The molecule has 1 atom stereocenters. The van der Waals surface area contributed by atoms with Crippen LogP contribution in [0.4, 0.5) is 10.1 Å². The van der Waals surface area contributed by atoms with Gasteiger partial charge in [-0.3, -0.25) is 10.1 Å². The summed E-state index contributed by atoms with van der Waals surface area (Å²) in [5.41, 5.74) is 6.69. The van der Waals surface area contributed by atoms with Gasteiger partial charge >= 0.3 is 0 Å². The molecule has 0 heterocycles. The van der Waals surface area contributed by atoms with Crippen molar-refractivity contribution in [2.24, 2.45) is 5.73 Å². The van der Waals surface area contributed by atoms with Crippen molar-refractivity contribution >= 4 is 5.69 Å². The van der Waals surface area contributed by atoms with Crippen LogP contribution in [0.2, 0.25) is 0 Å². The fraction of sp³-hybridized carbons (Fsp3) is 0.200. The molecule has 0 radical (unpaired) electrons. The van der Waals surface area contributed by atoms with Gasteiger partial charge in [-0.2, -0.15) is 0 Å². The number of methoxy groups -OCH3 is 1. The summed E-state index contributed by atoms with van der Waals surface area (Å²) < 4.78 is 19.1. The minimum absolute atomic E-state index is 0.0248. The molecule has 0 bridgehead atoms. The Balaban J connectivity index is 2.35. The van der Waals surface area contributed by atoms with E-state index in [1.54, 1.807) is 24.3 Å². The fourth-order valence-electron chi connectivity index (χ4n) is 2.26. The normalized spacial score (nSPS) is 12.0. The van der Waals surface area contributed by atoms with E-state index in [9.17, 15) is 14.5 Å². The third-order valence-electron chi connectivity index (χ3n) is 3.23. The molecule has 0 saturated heterocycles. The first kappa shape index (κ1) is 14.9. The number of nitrogens with zero attached hydrogens (tertiary/aromatic N) is 1. The van der Waals surface area contributed by atoms with Crippen LogP contribution in [-0.4, -0.2) is 12.0 Å². The average Bonchev–Trinajstić information content (AvgIpc) is 2.47. The van der Waals surface area contributed by atoms with Crippen molar-refractivity contribution in [3.63, 3.8) is 0 Å². The smallest absolute Gasteiger partial charge is 0.272 e. The van der Waals surface area contributed by atoms with Crippen LogP contribution >= 0.6 is 0 Å². The van der Waals surface area contributed by atoms with E-state index >= 15 is 0 Å². The maximum Gasteiger partial charge on any atom is 0.272 e. The zero-order valence-corrected chi connectivity index (χ0v) is 11.5. The average molecular weight is 290 g/mol. The Morgan fingerprint density at radius 2 is 2.00 bits per heavy atom. The van der Waals surface area contributed by atoms with E-state index in [2.05, 4.69) is 0 Å². The molecule has 0 aliphatic rings. The van der Waals surface area contributed by atoms with Crippen molar-refractivity contribution in [1.82, 2.24) is 0 Å². The number of halogens is 1. The van der Waals surface area contributed by atoms with Gasteiger partial charge in [0.15, 0.2) is 0 Å². The summed E-state index contributed by atoms with van der Waals surface area (Å²) in [7, 11) is 1.43. The second-order valence-corrected chi connectivity index (χ2v) is 4.55. The molecule has 0 aromatic heterocycles. The number of nitro benzene ring substituents is 1. The monoisotopic (exact) mass is 290 g/mol. The van der Waals surface area contributed by atoms with E-state index in [1.807, 2.05) is 0 Å². The first-order valence-electron chi connectivity index (χ1n) is 6.35. The van der Waals surface area contributed by atoms with Crippen molar-refractivity contribution < 1.29 is 14.1 Å². The van der Waals surface area contributed by atoms with E-state index in [0.717, 1.165) is 0 Å². The van der Waals surface area contributed by atoms with Crippen molar-refractivity contribution in [3.05, 3.63) is 69.5 Å². The van der Waals surface area contributed by atoms with Crippen molar-refractivity contribution in [2.45, 2.75) is 12.5 Å². The molecule has 21 heavy (non-hydrogen) atoms. The van der Waals surface area contributed by atoms with Crippen LogP contribution in [0.15, 0.2) is 42.5 Å². The molecule has 2 rings (SSSR count). The van der Waals surface area contributed by atoms with E-state index in [-0.39, 0.29) is 17.7 Å². The summed E-state index contributed by atoms with van der Waals surface area (Å²) in [5, 5.41) is 11.0. The maximum absolute atomic E-state index is 14.0. The number of benzene rings is 2. The molecule has 2 aromatic rings. The topological polar surface area (TPSA) is 78.4 Å². The quantitative estimate of drug-likeness (QED) is 0.678. The van der Waals surface area contributed by atoms with Crippen LogP contribution in [0.25, 0.3) is 0 Å². The standard InChI is InChI=1S/C15H15FN2O3/c1-21-14-8-4-6-11(16)15(14)12(17)9-10-5-2-3-7-13(10)18(19)20/h2-8,12H,9,17H2,1H3. The molecule has 110 valence electrons. The molecule has 6 heteroatoms. The third kappa shape index (κ3) is 3.17. The van der Waals surface area contributed by atoms with Crippen LogP contribution in [-0.2, 0) is 6.42 Å². The van der Waals surface area contributed by atoms with Gasteiger partial charge in [0, 0.05) is 23.2 Å². The molecule has 0 saturated carbocycles. The van der Waals surface area contributed by atoms with Gasteiger partial charge in [-0.05, 0) is 18.6 Å². The minimum atomic E-state index is -0.734. The molecule has 2 aromatic carbocycles. The Labute approximate surface area is 121 Å². The van der Waals surface area contributed by atoms with Crippen LogP contribution in [0.5, 0.6) is 5.75 Å². The third-order valence-corrected chi connectivity index (χ3v) is 3.23. The van der Waals surface area contributed by atoms with Gasteiger partial charge in [0.05, 0.1) is 12.0 Å². The molecule has 0 fully saturated rings. The first-order valence-corrected chi connectivity index (χ1v) is 6.35. The predicted octanol–water partition coefficient (Wildman–Crippen LogP) is 2.99. The number of hydrogen-bond acceptors (Lipinski definition) is 4. The molecular weight excluding hydrogens is 275 g/mol. The molecule has 2 N–H and O–H groups in total.